The second-order valence-corrected chi connectivity index (χ2v) is 9.65. The predicted octanol–water partition coefficient (Wildman–Crippen LogP) is 4.95. The Labute approximate surface area is 208 Å². The molecule has 35 heavy (non-hydrogen) atoms. The Morgan fingerprint density at radius 2 is 1.83 bits per heavy atom. The van der Waals surface area contributed by atoms with Crippen molar-refractivity contribution in [3.8, 4) is 11.5 Å². The van der Waals surface area contributed by atoms with Gasteiger partial charge < -0.3 is 19.3 Å². The lowest BCUT2D eigenvalue weighted by molar-refractivity contribution is -0.136. The van der Waals surface area contributed by atoms with Gasteiger partial charge in [0.15, 0.2) is 11.5 Å². The molecule has 1 aromatic heterocycles. The Morgan fingerprint density at radius 1 is 1.11 bits per heavy atom. The van der Waals surface area contributed by atoms with Gasteiger partial charge in [-0.25, -0.2) is 4.39 Å². The van der Waals surface area contributed by atoms with Crippen molar-refractivity contribution in [1.29, 1.82) is 0 Å². The van der Waals surface area contributed by atoms with Crippen LogP contribution in [0.15, 0.2) is 60.0 Å². The Kier molecular flexibility index (Phi) is 7.70. The number of hydrogen-bond donors (Lipinski definition) is 0. The van der Waals surface area contributed by atoms with Gasteiger partial charge in [-0.1, -0.05) is 12.1 Å². The van der Waals surface area contributed by atoms with E-state index in [1.165, 1.54) is 34.0 Å². The number of halogens is 1. The van der Waals surface area contributed by atoms with E-state index in [1.54, 1.807) is 23.3 Å². The highest BCUT2D eigenvalue weighted by Gasteiger charge is 2.34. The van der Waals surface area contributed by atoms with E-state index < -0.39 is 5.82 Å². The fourth-order valence-corrected chi connectivity index (χ4v) is 5.19. The van der Waals surface area contributed by atoms with Crippen LogP contribution in [0.25, 0.3) is 0 Å². The van der Waals surface area contributed by atoms with Gasteiger partial charge in [-0.3, -0.25) is 9.59 Å². The molecule has 2 amide bonds. The van der Waals surface area contributed by atoms with Gasteiger partial charge >= 0.3 is 0 Å². The van der Waals surface area contributed by atoms with Crippen LogP contribution in [0.2, 0.25) is 0 Å². The number of benzene rings is 2. The summed E-state index contributed by atoms with van der Waals surface area (Å²) in [6.07, 6.45) is 0.761. The molecule has 6 nitrogen and oxygen atoms in total. The molecule has 0 saturated heterocycles. The number of carbonyl (C=O) groups excluding carboxylic acids is 2. The molecule has 0 N–H and O–H groups in total. The summed E-state index contributed by atoms with van der Waals surface area (Å²) in [5.74, 6) is 0.372. The summed E-state index contributed by atoms with van der Waals surface area (Å²) in [5, 5.41) is 2.03. The molecule has 3 aromatic rings. The fraction of sp³-hybridized carbons (Fsp3) is 0.333. The smallest absolute Gasteiger partial charge is 0.254 e. The topological polar surface area (TPSA) is 59.1 Å². The van der Waals surface area contributed by atoms with Gasteiger partial charge in [-0.2, -0.15) is 0 Å². The summed E-state index contributed by atoms with van der Waals surface area (Å²) < 4.78 is 24.9. The summed E-state index contributed by atoms with van der Waals surface area (Å²) in [7, 11) is 1.59. The van der Waals surface area contributed by atoms with Crippen LogP contribution in [0.3, 0.4) is 0 Å². The average Bonchev–Trinajstić information content (AvgIpc) is 3.35. The molecule has 0 saturated carbocycles. The lowest BCUT2D eigenvalue weighted by atomic mass is 10.00. The SMILES string of the molecule is COc1ccccc1OC[C@H]1c2ccsc2CCN1C(=O)CN(C(=O)c1ccc(F)cc1)C(C)C. The van der Waals surface area contributed by atoms with E-state index in [4.69, 9.17) is 9.47 Å². The van der Waals surface area contributed by atoms with E-state index >= 15 is 0 Å². The minimum Gasteiger partial charge on any atom is -0.493 e. The highest BCUT2D eigenvalue weighted by atomic mass is 32.1. The van der Waals surface area contributed by atoms with Crippen molar-refractivity contribution in [2.75, 3.05) is 26.8 Å². The van der Waals surface area contributed by atoms with E-state index in [9.17, 15) is 14.0 Å². The largest absolute Gasteiger partial charge is 0.493 e. The highest BCUT2D eigenvalue weighted by Crippen LogP contribution is 2.35. The molecule has 2 aromatic carbocycles. The fourth-order valence-electron chi connectivity index (χ4n) is 4.27. The van der Waals surface area contributed by atoms with Crippen molar-refractivity contribution in [2.24, 2.45) is 0 Å². The Hall–Kier alpha value is -3.39. The Morgan fingerprint density at radius 3 is 2.51 bits per heavy atom. The number of ether oxygens (including phenoxy) is 2. The van der Waals surface area contributed by atoms with Crippen LogP contribution in [0.5, 0.6) is 11.5 Å². The second kappa shape index (κ2) is 10.9. The monoisotopic (exact) mass is 496 g/mol. The quantitative estimate of drug-likeness (QED) is 0.443. The molecule has 4 rings (SSSR count). The van der Waals surface area contributed by atoms with Crippen LogP contribution in [-0.4, -0.2) is 54.5 Å². The van der Waals surface area contributed by atoms with E-state index in [2.05, 4.69) is 0 Å². The predicted molar refractivity (Wildman–Crippen MR) is 134 cm³/mol. The summed E-state index contributed by atoms with van der Waals surface area (Å²) in [6.45, 7) is 4.47. The van der Waals surface area contributed by atoms with Crippen molar-refractivity contribution in [1.82, 2.24) is 9.80 Å². The van der Waals surface area contributed by atoms with Gasteiger partial charge in [0, 0.05) is 23.0 Å². The maximum atomic E-state index is 13.6. The zero-order chi connectivity index (χ0) is 24.9. The number of carbonyl (C=O) groups is 2. The maximum Gasteiger partial charge on any atom is 0.254 e. The Balaban J connectivity index is 1.54. The van der Waals surface area contributed by atoms with Crippen LogP contribution < -0.4 is 9.47 Å². The second-order valence-electron chi connectivity index (χ2n) is 8.65. The van der Waals surface area contributed by atoms with Crippen LogP contribution in [-0.2, 0) is 11.2 Å². The molecule has 0 spiro atoms. The van der Waals surface area contributed by atoms with Crippen molar-refractivity contribution in [3.05, 3.63) is 81.8 Å². The lowest BCUT2D eigenvalue weighted by Gasteiger charge is -2.37. The average molecular weight is 497 g/mol. The summed E-state index contributed by atoms with van der Waals surface area (Å²) in [5.41, 5.74) is 1.42. The van der Waals surface area contributed by atoms with Gasteiger partial charge in [0.05, 0.1) is 13.2 Å². The van der Waals surface area contributed by atoms with E-state index in [1.807, 2.05) is 49.6 Å². The number of amides is 2. The van der Waals surface area contributed by atoms with E-state index in [0.29, 0.717) is 23.6 Å². The molecule has 8 heteroatoms. The van der Waals surface area contributed by atoms with Gasteiger partial charge in [-0.15, -0.1) is 11.3 Å². The number of rotatable bonds is 8. The molecule has 1 aliphatic rings. The number of hydrogen-bond acceptors (Lipinski definition) is 5. The molecule has 184 valence electrons. The van der Waals surface area contributed by atoms with Crippen molar-refractivity contribution >= 4 is 23.2 Å². The first-order valence-electron chi connectivity index (χ1n) is 11.6. The van der Waals surface area contributed by atoms with Crippen LogP contribution in [0.4, 0.5) is 4.39 Å². The molecule has 0 aliphatic carbocycles. The van der Waals surface area contributed by atoms with Crippen LogP contribution in [0, 0.1) is 5.82 Å². The molecule has 1 atom stereocenters. The van der Waals surface area contributed by atoms with Crippen molar-refractivity contribution in [3.63, 3.8) is 0 Å². The first kappa shape index (κ1) is 24.7. The number of methoxy groups -OCH3 is 1. The van der Waals surface area contributed by atoms with Crippen molar-refractivity contribution in [2.45, 2.75) is 32.4 Å². The molecular weight excluding hydrogens is 467 g/mol. The zero-order valence-corrected chi connectivity index (χ0v) is 20.9. The Bertz CT molecular complexity index is 1180. The molecular formula is C27H29FN2O4S. The minimum atomic E-state index is -0.411. The molecule has 2 heterocycles. The third-order valence-electron chi connectivity index (χ3n) is 6.16. The van der Waals surface area contributed by atoms with Gasteiger partial charge in [0.2, 0.25) is 5.91 Å². The standard InChI is InChI=1S/C27H29FN2O4S/c1-18(2)30(27(32)19-8-10-20(28)11-9-19)16-26(31)29-14-12-25-21(13-15-35-25)22(29)17-34-24-7-5-4-6-23(24)33-3/h4-11,13,15,18,22H,12,14,16-17H2,1-3H3/t22-/m0/s1. The van der Waals surface area contributed by atoms with E-state index in [0.717, 1.165) is 12.0 Å². The molecule has 0 bridgehead atoms. The number of nitrogens with zero attached hydrogens (tertiary/aromatic N) is 2. The summed E-state index contributed by atoms with van der Waals surface area (Å²) in [4.78, 5) is 31.3. The first-order valence-corrected chi connectivity index (χ1v) is 12.4. The maximum absolute atomic E-state index is 13.6. The molecule has 0 fully saturated rings. The van der Waals surface area contributed by atoms with Crippen molar-refractivity contribution < 1.29 is 23.5 Å². The number of thiophene rings is 1. The first-order chi connectivity index (χ1) is 16.9. The van der Waals surface area contributed by atoms with Crippen LogP contribution >= 0.6 is 11.3 Å². The molecule has 1 aliphatic heterocycles. The third-order valence-corrected chi connectivity index (χ3v) is 7.16. The normalized spacial score (nSPS) is 15.0. The van der Waals surface area contributed by atoms with Crippen LogP contribution in [0.1, 0.15) is 40.7 Å². The number of fused-ring (bicyclic) bond motifs is 1. The minimum absolute atomic E-state index is 0.0709. The highest BCUT2D eigenvalue weighted by molar-refractivity contribution is 7.10. The summed E-state index contributed by atoms with van der Waals surface area (Å²) >= 11 is 1.68. The van der Waals surface area contributed by atoms with Gasteiger partial charge in [0.1, 0.15) is 19.0 Å². The summed E-state index contributed by atoms with van der Waals surface area (Å²) in [6, 6.07) is 14.4. The zero-order valence-electron chi connectivity index (χ0n) is 20.1. The molecule has 0 radical (unpaired) electrons. The molecule has 0 unspecified atom stereocenters. The third kappa shape index (κ3) is 5.48. The van der Waals surface area contributed by atoms with Gasteiger partial charge in [0.25, 0.3) is 5.91 Å². The number of para-hydroxylation sites is 2. The van der Waals surface area contributed by atoms with Gasteiger partial charge in [-0.05, 0) is 73.7 Å². The van der Waals surface area contributed by atoms with E-state index in [-0.39, 0.29) is 37.0 Å². The lowest BCUT2D eigenvalue weighted by Crippen LogP contribution is -2.49.